The van der Waals surface area contributed by atoms with E-state index < -0.39 is 5.97 Å². The quantitative estimate of drug-likeness (QED) is 0.663. The highest BCUT2D eigenvalue weighted by molar-refractivity contribution is 8.03. The summed E-state index contributed by atoms with van der Waals surface area (Å²) < 4.78 is 0. The number of carbonyl (C=O) groups excluding carboxylic acids is 1. The number of β-lactam (4-membered cyclic amide) rings is 1. The van der Waals surface area contributed by atoms with E-state index in [9.17, 15) is 14.7 Å². The van der Waals surface area contributed by atoms with E-state index in [0.717, 1.165) is 16.2 Å². The Morgan fingerprint density at radius 3 is 2.65 bits per heavy atom. The van der Waals surface area contributed by atoms with Crippen LogP contribution in [0.3, 0.4) is 0 Å². The van der Waals surface area contributed by atoms with Crippen LogP contribution in [-0.4, -0.2) is 32.9 Å². The van der Waals surface area contributed by atoms with Gasteiger partial charge in [-0.2, -0.15) is 0 Å². The van der Waals surface area contributed by atoms with Crippen molar-refractivity contribution in [2.75, 3.05) is 0 Å². The molecule has 1 unspecified atom stereocenters. The van der Waals surface area contributed by atoms with Crippen LogP contribution in [0.25, 0.3) is 6.08 Å². The molecule has 6 heteroatoms. The molecule has 0 saturated carbocycles. The lowest BCUT2D eigenvalue weighted by Gasteiger charge is -2.46. The number of carbonyl (C=O) groups is 2. The first-order chi connectivity index (χ1) is 12.6. The van der Waals surface area contributed by atoms with Crippen molar-refractivity contribution in [2.45, 2.75) is 23.8 Å². The van der Waals surface area contributed by atoms with Crippen LogP contribution in [0, 0.1) is 0 Å². The number of aromatic nitrogens is 1. The Morgan fingerprint density at radius 2 is 1.96 bits per heavy atom. The highest BCUT2D eigenvalue weighted by Gasteiger charge is 2.49. The van der Waals surface area contributed by atoms with Gasteiger partial charge in [-0.05, 0) is 43.2 Å². The van der Waals surface area contributed by atoms with Crippen molar-refractivity contribution in [1.82, 2.24) is 9.88 Å². The van der Waals surface area contributed by atoms with Crippen LogP contribution in [-0.2, 0) is 9.59 Å². The molecule has 4 rings (SSSR count). The molecule has 1 aromatic carbocycles. The average Bonchev–Trinajstić information content (AvgIpc) is 2.67. The number of rotatable bonds is 4. The van der Waals surface area contributed by atoms with Gasteiger partial charge in [0, 0.05) is 21.6 Å². The Bertz CT molecular complexity index is 923. The highest BCUT2D eigenvalue weighted by atomic mass is 32.2. The number of aliphatic carboxylic acids is 1. The molecular formula is C20H16N2O3S. The van der Waals surface area contributed by atoms with Crippen molar-refractivity contribution in [3.63, 3.8) is 0 Å². The number of amides is 1. The molecule has 26 heavy (non-hydrogen) atoms. The van der Waals surface area contributed by atoms with Gasteiger partial charge in [-0.1, -0.05) is 36.0 Å². The van der Waals surface area contributed by atoms with E-state index in [0.29, 0.717) is 17.7 Å². The second-order valence-electron chi connectivity index (χ2n) is 6.08. The summed E-state index contributed by atoms with van der Waals surface area (Å²) in [5.41, 5.74) is 1.45. The van der Waals surface area contributed by atoms with E-state index in [-0.39, 0.29) is 17.6 Å². The van der Waals surface area contributed by atoms with Crippen molar-refractivity contribution in [1.29, 1.82) is 0 Å². The summed E-state index contributed by atoms with van der Waals surface area (Å²) in [4.78, 5) is 31.8. The molecule has 1 fully saturated rings. The maximum atomic E-state index is 12.6. The average molecular weight is 364 g/mol. The maximum Gasteiger partial charge on any atom is 0.353 e. The van der Waals surface area contributed by atoms with Crippen LogP contribution < -0.4 is 0 Å². The third-order valence-corrected chi connectivity index (χ3v) is 5.62. The van der Waals surface area contributed by atoms with Gasteiger partial charge in [0.1, 0.15) is 5.70 Å². The third kappa shape index (κ3) is 2.93. The van der Waals surface area contributed by atoms with E-state index in [2.05, 4.69) is 4.98 Å². The fraction of sp³-hybridized carbons (Fsp3) is 0.150. The molecule has 5 nitrogen and oxygen atoms in total. The van der Waals surface area contributed by atoms with Gasteiger partial charge in [0.25, 0.3) is 5.91 Å². The van der Waals surface area contributed by atoms with Crippen molar-refractivity contribution in [2.24, 2.45) is 0 Å². The van der Waals surface area contributed by atoms with Gasteiger partial charge in [-0.25, -0.2) is 4.79 Å². The molecule has 0 spiro atoms. The monoisotopic (exact) mass is 364 g/mol. The Hall–Kier alpha value is -2.86. The predicted octanol–water partition coefficient (Wildman–Crippen LogP) is 3.56. The lowest BCUT2D eigenvalue weighted by molar-refractivity contribution is -0.143. The second kappa shape index (κ2) is 6.80. The molecule has 130 valence electrons. The summed E-state index contributed by atoms with van der Waals surface area (Å²) in [5, 5.41) is 9.71. The van der Waals surface area contributed by atoms with Gasteiger partial charge in [0.05, 0.1) is 11.7 Å². The molecule has 0 bridgehead atoms. The first kappa shape index (κ1) is 16.6. The molecule has 1 amide bonds. The van der Waals surface area contributed by atoms with Crippen molar-refractivity contribution in [3.8, 4) is 0 Å². The smallest absolute Gasteiger partial charge is 0.353 e. The zero-order chi connectivity index (χ0) is 18.1. The highest BCUT2D eigenvalue weighted by Crippen LogP contribution is 2.45. The number of carboxylic acids is 1. The summed E-state index contributed by atoms with van der Waals surface area (Å²) >= 11 is 1.42. The molecule has 2 aliphatic heterocycles. The van der Waals surface area contributed by atoms with Crippen LogP contribution >= 0.6 is 11.8 Å². The minimum atomic E-state index is -1.06. The zero-order valence-corrected chi connectivity index (χ0v) is 14.6. The fourth-order valence-corrected chi connectivity index (χ4v) is 4.37. The van der Waals surface area contributed by atoms with Crippen LogP contribution in [0.15, 0.2) is 75.8 Å². The lowest BCUT2D eigenvalue weighted by Crippen LogP contribution is -2.57. The van der Waals surface area contributed by atoms with Gasteiger partial charge in [-0.15, -0.1) is 0 Å². The van der Waals surface area contributed by atoms with Gasteiger partial charge >= 0.3 is 5.97 Å². The number of pyridine rings is 1. The minimum Gasteiger partial charge on any atom is -0.477 e. The molecule has 3 heterocycles. The Morgan fingerprint density at radius 1 is 1.19 bits per heavy atom. The number of thioether (sulfide) groups is 1. The minimum absolute atomic E-state index is 0.110. The van der Waals surface area contributed by atoms with Crippen molar-refractivity contribution >= 4 is 29.7 Å². The molecule has 1 N–H and O–H groups in total. The summed E-state index contributed by atoms with van der Waals surface area (Å²) in [6.45, 7) is 0. The van der Waals surface area contributed by atoms with Gasteiger partial charge in [0.2, 0.25) is 0 Å². The van der Waals surface area contributed by atoms with Crippen LogP contribution in [0.2, 0.25) is 0 Å². The number of benzene rings is 1. The molecule has 0 radical (unpaired) electrons. The van der Waals surface area contributed by atoms with Gasteiger partial charge in [0.15, 0.2) is 0 Å². The fourth-order valence-electron chi connectivity index (χ4n) is 3.29. The Balaban J connectivity index is 1.65. The standard InChI is InChI=1S/C20H16N2O3S/c23-19-15(12-13-6-4-5-11-21-13)16-9-10-17(18(20(24)25)22(16)19)26-14-7-2-1-3-8-14/h1-8,11-12,16H,9-10H2,(H,24,25)/b15-12+. The largest absolute Gasteiger partial charge is 0.477 e. The number of hydrogen-bond donors (Lipinski definition) is 1. The number of hydrogen-bond acceptors (Lipinski definition) is 4. The topological polar surface area (TPSA) is 70.5 Å². The van der Waals surface area contributed by atoms with Crippen molar-refractivity contribution in [3.05, 3.63) is 76.6 Å². The number of allylic oxidation sites excluding steroid dienone is 1. The molecular weight excluding hydrogens is 348 g/mol. The summed E-state index contributed by atoms with van der Waals surface area (Å²) in [6, 6.07) is 14.9. The summed E-state index contributed by atoms with van der Waals surface area (Å²) in [7, 11) is 0. The molecule has 0 aliphatic carbocycles. The maximum absolute atomic E-state index is 12.6. The molecule has 1 saturated heterocycles. The van der Waals surface area contributed by atoms with Crippen LogP contribution in [0.4, 0.5) is 0 Å². The first-order valence-electron chi connectivity index (χ1n) is 8.30. The normalized spacial score (nSPS) is 20.8. The Kier molecular flexibility index (Phi) is 4.34. The molecule has 2 aliphatic rings. The van der Waals surface area contributed by atoms with Gasteiger partial charge < -0.3 is 5.11 Å². The van der Waals surface area contributed by atoms with E-state index in [1.807, 2.05) is 48.5 Å². The summed E-state index contributed by atoms with van der Waals surface area (Å²) in [5.74, 6) is -1.30. The third-order valence-electron chi connectivity index (χ3n) is 4.46. The van der Waals surface area contributed by atoms with E-state index >= 15 is 0 Å². The van der Waals surface area contributed by atoms with Crippen molar-refractivity contribution < 1.29 is 14.7 Å². The van der Waals surface area contributed by atoms with Gasteiger partial charge in [-0.3, -0.25) is 14.7 Å². The zero-order valence-electron chi connectivity index (χ0n) is 13.8. The second-order valence-corrected chi connectivity index (χ2v) is 7.24. The molecule has 2 aromatic rings. The molecule has 1 atom stereocenters. The van der Waals surface area contributed by atoms with E-state index in [1.165, 1.54) is 16.7 Å². The summed E-state index contributed by atoms with van der Waals surface area (Å²) in [6.07, 6.45) is 4.79. The SMILES string of the molecule is O=C(O)C1=C(Sc2ccccc2)CCC2/C(=C\c3ccccn3)C(=O)N12. The van der Waals surface area contributed by atoms with E-state index in [4.69, 9.17) is 0 Å². The first-order valence-corrected chi connectivity index (χ1v) is 9.12. The molecule has 1 aromatic heterocycles. The number of carboxylic acid groups (broad SMARTS) is 1. The van der Waals surface area contributed by atoms with Crippen LogP contribution in [0.5, 0.6) is 0 Å². The predicted molar refractivity (Wildman–Crippen MR) is 99.0 cm³/mol. The lowest BCUT2D eigenvalue weighted by atomic mass is 9.85. The number of fused-ring (bicyclic) bond motifs is 1. The Labute approximate surface area is 155 Å². The van der Waals surface area contributed by atoms with Crippen LogP contribution in [0.1, 0.15) is 18.5 Å². The number of nitrogens with zero attached hydrogens (tertiary/aromatic N) is 2. The van der Waals surface area contributed by atoms with E-state index in [1.54, 1.807) is 12.3 Å².